The zero-order valence-corrected chi connectivity index (χ0v) is 11.3. The lowest BCUT2D eigenvalue weighted by Crippen LogP contribution is -2.35. The van der Waals surface area contributed by atoms with Gasteiger partial charge in [-0.3, -0.25) is 14.8 Å². The van der Waals surface area contributed by atoms with E-state index in [9.17, 15) is 9.59 Å². The summed E-state index contributed by atoms with van der Waals surface area (Å²) in [5, 5.41) is 1.69. The van der Waals surface area contributed by atoms with E-state index >= 15 is 0 Å². The Labute approximate surface area is 118 Å². The Balaban J connectivity index is 2.47. The fourth-order valence-corrected chi connectivity index (χ4v) is 2.28. The van der Waals surface area contributed by atoms with Crippen molar-refractivity contribution in [3.8, 4) is 5.69 Å². The van der Waals surface area contributed by atoms with Gasteiger partial charge < -0.3 is 0 Å². The van der Waals surface area contributed by atoms with Gasteiger partial charge >= 0.3 is 5.69 Å². The van der Waals surface area contributed by atoms with Gasteiger partial charge in [0.1, 0.15) is 5.15 Å². The molecule has 100 valence electrons. The summed E-state index contributed by atoms with van der Waals surface area (Å²) in [6.07, 6.45) is 3.30. The van der Waals surface area contributed by atoms with Crippen LogP contribution in [0.4, 0.5) is 0 Å². The van der Waals surface area contributed by atoms with Crippen molar-refractivity contribution in [2.24, 2.45) is 0 Å². The van der Waals surface area contributed by atoms with E-state index in [1.54, 1.807) is 37.5 Å². The number of halogens is 1. The van der Waals surface area contributed by atoms with Crippen LogP contribution in [0, 0.1) is 6.92 Å². The zero-order valence-electron chi connectivity index (χ0n) is 10.6. The van der Waals surface area contributed by atoms with Crippen LogP contribution in [0.25, 0.3) is 16.5 Å². The predicted octanol–water partition coefficient (Wildman–Crippen LogP) is 2.04. The Bertz CT molecular complexity index is 922. The molecule has 1 N–H and O–H groups in total. The Morgan fingerprint density at radius 3 is 2.85 bits per heavy atom. The Morgan fingerprint density at radius 2 is 2.05 bits per heavy atom. The average molecular weight is 288 g/mol. The molecule has 20 heavy (non-hydrogen) atoms. The minimum absolute atomic E-state index is 0.0677. The number of benzene rings is 1. The van der Waals surface area contributed by atoms with Gasteiger partial charge in [-0.1, -0.05) is 23.7 Å². The molecular weight excluding hydrogens is 278 g/mol. The van der Waals surface area contributed by atoms with Gasteiger partial charge in [-0.2, -0.15) is 0 Å². The van der Waals surface area contributed by atoms with Crippen LogP contribution in [0.15, 0.2) is 46.2 Å². The van der Waals surface area contributed by atoms with Crippen LogP contribution in [0.5, 0.6) is 0 Å². The molecule has 0 bridgehead atoms. The van der Waals surface area contributed by atoms with Crippen LogP contribution >= 0.6 is 11.6 Å². The maximum Gasteiger partial charge on any atom is 0.334 e. The van der Waals surface area contributed by atoms with Gasteiger partial charge in [-0.25, -0.2) is 9.36 Å². The summed E-state index contributed by atoms with van der Waals surface area (Å²) < 4.78 is 1.09. The van der Waals surface area contributed by atoms with Gasteiger partial charge in [-0.05, 0) is 19.1 Å². The molecule has 0 aliphatic rings. The normalized spacial score (nSPS) is 10.9. The fraction of sp³-hybridized carbons (Fsp3) is 0.0714. The molecule has 6 heteroatoms. The van der Waals surface area contributed by atoms with Crippen LogP contribution in [0.3, 0.4) is 0 Å². The summed E-state index contributed by atoms with van der Waals surface area (Å²) >= 11 is 5.82. The molecule has 0 radical (unpaired) electrons. The second-order valence-corrected chi connectivity index (χ2v) is 4.76. The van der Waals surface area contributed by atoms with Gasteiger partial charge in [0, 0.05) is 23.2 Å². The summed E-state index contributed by atoms with van der Waals surface area (Å²) in [6, 6.07) is 7.12. The van der Waals surface area contributed by atoms with Crippen molar-refractivity contribution in [3.05, 3.63) is 68.2 Å². The van der Waals surface area contributed by atoms with Crippen molar-refractivity contribution in [1.29, 1.82) is 0 Å². The van der Waals surface area contributed by atoms with Gasteiger partial charge in [0.25, 0.3) is 5.56 Å². The average Bonchev–Trinajstić information content (AvgIpc) is 2.45. The molecule has 0 aliphatic carbocycles. The molecule has 3 rings (SSSR count). The van der Waals surface area contributed by atoms with Crippen molar-refractivity contribution in [2.75, 3.05) is 0 Å². The minimum atomic E-state index is -0.560. The third-order valence-electron chi connectivity index (χ3n) is 3.17. The lowest BCUT2D eigenvalue weighted by Gasteiger charge is -2.09. The largest absolute Gasteiger partial charge is 0.334 e. The van der Waals surface area contributed by atoms with Crippen LogP contribution < -0.4 is 11.2 Å². The third kappa shape index (κ3) is 1.83. The molecule has 0 spiro atoms. The summed E-state index contributed by atoms with van der Waals surface area (Å²) in [7, 11) is 0. The van der Waals surface area contributed by atoms with Gasteiger partial charge in [0.05, 0.1) is 11.3 Å². The molecule has 0 atom stereocenters. The van der Waals surface area contributed by atoms with E-state index in [-0.39, 0.29) is 5.15 Å². The molecule has 3 aromatic rings. The van der Waals surface area contributed by atoms with E-state index in [2.05, 4.69) is 9.97 Å². The molecule has 0 amide bonds. The van der Waals surface area contributed by atoms with Crippen LogP contribution in [0.2, 0.25) is 5.15 Å². The third-order valence-corrected chi connectivity index (χ3v) is 3.55. The highest BCUT2D eigenvalue weighted by Gasteiger charge is 2.12. The monoisotopic (exact) mass is 287 g/mol. The van der Waals surface area contributed by atoms with E-state index in [1.807, 2.05) is 6.07 Å². The van der Waals surface area contributed by atoms with Crippen molar-refractivity contribution in [1.82, 2.24) is 14.5 Å². The zero-order chi connectivity index (χ0) is 14.3. The number of nitrogens with one attached hydrogen (secondary N) is 1. The Hall–Kier alpha value is -2.40. The van der Waals surface area contributed by atoms with E-state index < -0.39 is 11.2 Å². The fourth-order valence-electron chi connectivity index (χ4n) is 2.12. The van der Waals surface area contributed by atoms with Gasteiger partial charge in [-0.15, -0.1) is 0 Å². The van der Waals surface area contributed by atoms with E-state index in [0.717, 1.165) is 15.3 Å². The summed E-state index contributed by atoms with van der Waals surface area (Å²) in [6.45, 7) is 1.57. The lowest BCUT2D eigenvalue weighted by atomic mass is 10.1. The SMILES string of the molecule is Cc1c(Cl)[nH]c(=O)n(-c2cccc3cnccc23)c1=O. The quantitative estimate of drug-likeness (QED) is 0.696. The first-order chi connectivity index (χ1) is 9.59. The minimum Gasteiger partial charge on any atom is -0.297 e. The number of hydrogen-bond donors (Lipinski definition) is 1. The molecule has 0 saturated heterocycles. The van der Waals surface area contributed by atoms with E-state index in [4.69, 9.17) is 11.6 Å². The number of aromatic amines is 1. The number of rotatable bonds is 1. The van der Waals surface area contributed by atoms with Crippen LogP contribution in [-0.4, -0.2) is 14.5 Å². The molecule has 0 unspecified atom stereocenters. The molecule has 0 aliphatic heterocycles. The summed E-state index contributed by atoms with van der Waals surface area (Å²) in [5.41, 5.74) is -0.175. The van der Waals surface area contributed by atoms with E-state index in [0.29, 0.717) is 11.3 Å². The molecule has 1 aromatic carbocycles. The highest BCUT2D eigenvalue weighted by atomic mass is 35.5. The summed E-state index contributed by atoms with van der Waals surface area (Å²) in [4.78, 5) is 30.9. The highest BCUT2D eigenvalue weighted by molar-refractivity contribution is 6.30. The standard InChI is InChI=1S/C14H10ClN3O2/c1-8-12(15)17-14(20)18(13(8)19)11-4-2-3-9-7-16-6-5-10(9)11/h2-7H,1H3,(H,17,20). The Kier molecular flexibility index (Phi) is 2.91. The predicted molar refractivity (Wildman–Crippen MR) is 77.7 cm³/mol. The van der Waals surface area contributed by atoms with Crippen molar-refractivity contribution in [3.63, 3.8) is 0 Å². The summed E-state index contributed by atoms with van der Waals surface area (Å²) in [5.74, 6) is 0. The molecule has 5 nitrogen and oxygen atoms in total. The van der Waals surface area contributed by atoms with Crippen molar-refractivity contribution < 1.29 is 0 Å². The smallest absolute Gasteiger partial charge is 0.297 e. The van der Waals surface area contributed by atoms with Crippen LogP contribution in [-0.2, 0) is 0 Å². The lowest BCUT2D eigenvalue weighted by molar-refractivity contribution is 0.865. The van der Waals surface area contributed by atoms with Crippen molar-refractivity contribution in [2.45, 2.75) is 6.92 Å². The first-order valence-electron chi connectivity index (χ1n) is 5.94. The van der Waals surface area contributed by atoms with Crippen molar-refractivity contribution >= 4 is 22.4 Å². The van der Waals surface area contributed by atoms with Crippen LogP contribution in [0.1, 0.15) is 5.56 Å². The second-order valence-electron chi connectivity index (χ2n) is 4.38. The number of aromatic nitrogens is 3. The number of pyridine rings is 1. The topological polar surface area (TPSA) is 67.8 Å². The Morgan fingerprint density at radius 1 is 1.25 bits per heavy atom. The maximum absolute atomic E-state index is 12.3. The molecule has 2 heterocycles. The molecule has 0 fully saturated rings. The second kappa shape index (κ2) is 4.61. The van der Waals surface area contributed by atoms with Gasteiger partial charge in [0.15, 0.2) is 0 Å². The maximum atomic E-state index is 12.3. The first kappa shape index (κ1) is 12.6. The number of H-pyrrole nitrogens is 1. The number of nitrogens with zero attached hydrogens (tertiary/aromatic N) is 2. The number of fused-ring (bicyclic) bond motifs is 1. The number of hydrogen-bond acceptors (Lipinski definition) is 3. The highest BCUT2D eigenvalue weighted by Crippen LogP contribution is 2.19. The molecule has 2 aromatic heterocycles. The molecular formula is C14H10ClN3O2. The first-order valence-corrected chi connectivity index (χ1v) is 6.32. The van der Waals surface area contributed by atoms with E-state index in [1.165, 1.54) is 0 Å². The van der Waals surface area contributed by atoms with Gasteiger partial charge in [0.2, 0.25) is 0 Å². The molecule has 0 saturated carbocycles.